The van der Waals surface area contributed by atoms with Crippen molar-refractivity contribution >= 4 is 11.8 Å². The smallest absolute Gasteiger partial charge is 0.256 e. The topological polar surface area (TPSA) is 49.9 Å². The highest BCUT2D eigenvalue weighted by Crippen LogP contribution is 2.31. The molecule has 0 N–H and O–H groups in total. The minimum atomic E-state index is -1.07. The maximum absolute atomic E-state index is 13.2. The molecule has 5 heteroatoms. The third kappa shape index (κ3) is 4.09. The molecule has 0 aliphatic carbocycles. The summed E-state index contributed by atoms with van der Waals surface area (Å²) in [6, 6.07) is 18.2. The lowest BCUT2D eigenvalue weighted by Gasteiger charge is -2.43. The molecule has 0 unspecified atom stereocenters. The number of carbonyl (C=O) groups excluding carboxylic acids is 2. The van der Waals surface area contributed by atoms with Crippen molar-refractivity contribution in [3.63, 3.8) is 0 Å². The molecule has 2 aromatic rings. The van der Waals surface area contributed by atoms with Gasteiger partial charge in [0.2, 0.25) is 5.91 Å². The Balaban J connectivity index is 2.00. The lowest BCUT2D eigenvalue weighted by atomic mass is 9.87. The standard InChI is InChI=1S/C23H28N2O3/c1-4-21(26)25-14-15-28-23(17-25,22(27)24(2)3)16-19-12-8-9-13-20(19)18-10-6-5-7-11-18/h5-13H,4,14-17H2,1-3H3/t23-/m0/s1. The summed E-state index contributed by atoms with van der Waals surface area (Å²) in [6.45, 7) is 3.01. The van der Waals surface area contributed by atoms with Gasteiger partial charge in [-0.05, 0) is 16.7 Å². The quantitative estimate of drug-likeness (QED) is 0.801. The van der Waals surface area contributed by atoms with Gasteiger partial charge in [0.15, 0.2) is 5.60 Å². The van der Waals surface area contributed by atoms with E-state index in [1.165, 1.54) is 0 Å². The summed E-state index contributed by atoms with van der Waals surface area (Å²) in [5, 5.41) is 0. The Bertz CT molecular complexity index is 835. The summed E-state index contributed by atoms with van der Waals surface area (Å²) < 4.78 is 6.12. The van der Waals surface area contributed by atoms with Crippen LogP contribution in [-0.2, 0) is 20.7 Å². The number of likely N-dealkylation sites (N-methyl/N-ethyl adjacent to an activating group) is 1. The van der Waals surface area contributed by atoms with E-state index in [0.29, 0.717) is 26.0 Å². The molecule has 1 atom stereocenters. The van der Waals surface area contributed by atoms with Crippen molar-refractivity contribution in [1.82, 2.24) is 9.80 Å². The molecule has 1 fully saturated rings. The highest BCUT2D eigenvalue weighted by molar-refractivity contribution is 5.87. The molecule has 1 heterocycles. The van der Waals surface area contributed by atoms with Crippen LogP contribution >= 0.6 is 0 Å². The van der Waals surface area contributed by atoms with Gasteiger partial charge in [0.1, 0.15) is 0 Å². The van der Waals surface area contributed by atoms with Crippen LogP contribution in [0, 0.1) is 0 Å². The Kier molecular flexibility index (Phi) is 6.15. The second-order valence-corrected chi connectivity index (χ2v) is 7.41. The number of morpholine rings is 1. The van der Waals surface area contributed by atoms with Gasteiger partial charge in [0, 0.05) is 33.5 Å². The first-order chi connectivity index (χ1) is 13.5. The van der Waals surface area contributed by atoms with Gasteiger partial charge in [0.05, 0.1) is 13.2 Å². The number of hydrogen-bond donors (Lipinski definition) is 0. The maximum Gasteiger partial charge on any atom is 0.256 e. The van der Waals surface area contributed by atoms with Gasteiger partial charge in [-0.2, -0.15) is 0 Å². The maximum atomic E-state index is 13.2. The zero-order chi connectivity index (χ0) is 20.1. The molecule has 0 bridgehead atoms. The van der Waals surface area contributed by atoms with E-state index >= 15 is 0 Å². The number of rotatable bonds is 5. The van der Waals surface area contributed by atoms with Crippen molar-refractivity contribution in [1.29, 1.82) is 0 Å². The summed E-state index contributed by atoms with van der Waals surface area (Å²) in [6.07, 6.45) is 0.843. The Morgan fingerprint density at radius 2 is 1.75 bits per heavy atom. The van der Waals surface area contributed by atoms with Crippen molar-refractivity contribution in [2.75, 3.05) is 33.8 Å². The molecule has 2 amide bonds. The largest absolute Gasteiger partial charge is 0.361 e. The van der Waals surface area contributed by atoms with E-state index in [1.807, 2.05) is 43.3 Å². The summed E-state index contributed by atoms with van der Waals surface area (Å²) >= 11 is 0. The van der Waals surface area contributed by atoms with Gasteiger partial charge in [0.25, 0.3) is 5.91 Å². The van der Waals surface area contributed by atoms with Crippen LogP contribution in [0.2, 0.25) is 0 Å². The zero-order valence-corrected chi connectivity index (χ0v) is 16.9. The van der Waals surface area contributed by atoms with Crippen LogP contribution in [0.4, 0.5) is 0 Å². The summed E-state index contributed by atoms with van der Waals surface area (Å²) in [4.78, 5) is 28.8. The fourth-order valence-corrected chi connectivity index (χ4v) is 3.82. The van der Waals surface area contributed by atoms with Crippen LogP contribution < -0.4 is 0 Å². The average molecular weight is 380 g/mol. The van der Waals surface area contributed by atoms with E-state index in [4.69, 9.17) is 4.74 Å². The van der Waals surface area contributed by atoms with Gasteiger partial charge < -0.3 is 14.5 Å². The molecular formula is C23H28N2O3. The van der Waals surface area contributed by atoms with E-state index in [9.17, 15) is 9.59 Å². The van der Waals surface area contributed by atoms with E-state index in [0.717, 1.165) is 16.7 Å². The lowest BCUT2D eigenvalue weighted by molar-refractivity contribution is -0.172. The summed E-state index contributed by atoms with van der Waals surface area (Å²) in [5.74, 6) is -0.0560. The van der Waals surface area contributed by atoms with E-state index < -0.39 is 5.60 Å². The number of benzene rings is 2. The molecule has 1 saturated heterocycles. The van der Waals surface area contributed by atoms with Crippen LogP contribution in [0.1, 0.15) is 18.9 Å². The molecule has 5 nitrogen and oxygen atoms in total. The van der Waals surface area contributed by atoms with Gasteiger partial charge in [-0.25, -0.2) is 0 Å². The Labute approximate surface area is 166 Å². The highest BCUT2D eigenvalue weighted by atomic mass is 16.5. The Hall–Kier alpha value is -2.66. The third-order valence-electron chi connectivity index (χ3n) is 5.22. The SMILES string of the molecule is CCC(=O)N1CCO[C@](Cc2ccccc2-c2ccccc2)(C(=O)N(C)C)C1. The number of carbonyl (C=O) groups is 2. The summed E-state index contributed by atoms with van der Waals surface area (Å²) in [5.41, 5.74) is 2.14. The first-order valence-corrected chi connectivity index (χ1v) is 9.73. The lowest BCUT2D eigenvalue weighted by Crippen LogP contribution is -2.61. The fraction of sp³-hybridized carbons (Fsp3) is 0.391. The predicted molar refractivity (Wildman–Crippen MR) is 110 cm³/mol. The Morgan fingerprint density at radius 1 is 1.07 bits per heavy atom. The van der Waals surface area contributed by atoms with Crippen molar-refractivity contribution in [2.45, 2.75) is 25.4 Å². The molecule has 2 aromatic carbocycles. The molecule has 0 radical (unpaired) electrons. The average Bonchev–Trinajstić information content (AvgIpc) is 2.73. The van der Waals surface area contributed by atoms with Crippen LogP contribution in [0.3, 0.4) is 0 Å². The van der Waals surface area contributed by atoms with Crippen LogP contribution in [-0.4, -0.2) is 61.0 Å². The number of amides is 2. The van der Waals surface area contributed by atoms with Crippen molar-refractivity contribution in [2.24, 2.45) is 0 Å². The van der Waals surface area contributed by atoms with Crippen LogP contribution in [0.25, 0.3) is 11.1 Å². The minimum absolute atomic E-state index is 0.0515. The second kappa shape index (κ2) is 8.57. The minimum Gasteiger partial charge on any atom is -0.361 e. The van der Waals surface area contributed by atoms with Crippen LogP contribution in [0.15, 0.2) is 54.6 Å². The van der Waals surface area contributed by atoms with Gasteiger partial charge in [-0.1, -0.05) is 61.5 Å². The molecule has 1 aliphatic rings. The molecular weight excluding hydrogens is 352 g/mol. The zero-order valence-electron chi connectivity index (χ0n) is 16.9. The molecule has 1 aliphatic heterocycles. The molecule has 0 spiro atoms. The van der Waals surface area contributed by atoms with Crippen molar-refractivity contribution in [3.05, 3.63) is 60.2 Å². The molecule has 0 saturated carbocycles. The number of nitrogens with zero attached hydrogens (tertiary/aromatic N) is 2. The number of hydrogen-bond acceptors (Lipinski definition) is 3. The molecule has 3 rings (SSSR count). The normalized spacial score (nSPS) is 19.3. The monoisotopic (exact) mass is 380 g/mol. The number of ether oxygens (including phenoxy) is 1. The van der Waals surface area contributed by atoms with Crippen LogP contribution in [0.5, 0.6) is 0 Å². The highest BCUT2D eigenvalue weighted by Gasteiger charge is 2.46. The second-order valence-electron chi connectivity index (χ2n) is 7.41. The molecule has 148 valence electrons. The predicted octanol–water partition coefficient (Wildman–Crippen LogP) is 2.99. The van der Waals surface area contributed by atoms with Crippen molar-refractivity contribution in [3.8, 4) is 11.1 Å². The first-order valence-electron chi connectivity index (χ1n) is 9.73. The van der Waals surface area contributed by atoms with Crippen molar-refractivity contribution < 1.29 is 14.3 Å². The molecule has 0 aromatic heterocycles. The first kappa shape index (κ1) is 20.1. The van der Waals surface area contributed by atoms with E-state index in [-0.39, 0.29) is 18.4 Å². The molecule has 28 heavy (non-hydrogen) atoms. The van der Waals surface area contributed by atoms with Gasteiger partial charge >= 0.3 is 0 Å². The van der Waals surface area contributed by atoms with Gasteiger partial charge in [-0.3, -0.25) is 9.59 Å². The summed E-state index contributed by atoms with van der Waals surface area (Å²) in [7, 11) is 3.47. The Morgan fingerprint density at radius 3 is 2.43 bits per heavy atom. The van der Waals surface area contributed by atoms with E-state index in [2.05, 4.69) is 18.2 Å². The van der Waals surface area contributed by atoms with E-state index in [1.54, 1.807) is 23.9 Å². The third-order valence-corrected chi connectivity index (χ3v) is 5.22. The fourth-order valence-electron chi connectivity index (χ4n) is 3.82. The van der Waals surface area contributed by atoms with Gasteiger partial charge in [-0.15, -0.1) is 0 Å².